The number of aliphatic hydroxyl groups is 1. The Balaban J connectivity index is 1.88. The van der Waals surface area contributed by atoms with Crippen LogP contribution in [-0.2, 0) is 16.8 Å². The second-order valence-corrected chi connectivity index (χ2v) is 7.43. The van der Waals surface area contributed by atoms with Crippen LogP contribution >= 0.6 is 11.3 Å². The topological polar surface area (TPSA) is 82.5 Å². The molecule has 1 fully saturated rings. The summed E-state index contributed by atoms with van der Waals surface area (Å²) in [4.78, 5) is 4.22. The molecule has 1 aromatic rings. The van der Waals surface area contributed by atoms with Gasteiger partial charge in [-0.25, -0.2) is 4.98 Å². The lowest BCUT2D eigenvalue weighted by Gasteiger charge is -2.30. The van der Waals surface area contributed by atoms with Crippen molar-refractivity contribution in [1.29, 1.82) is 0 Å². The molecule has 0 atom stereocenters. The molecule has 1 aromatic heterocycles. The molecule has 0 saturated carbocycles. The molecule has 0 radical (unpaired) electrons. The van der Waals surface area contributed by atoms with Gasteiger partial charge in [0.25, 0.3) is 10.2 Å². The van der Waals surface area contributed by atoms with E-state index in [2.05, 4.69) is 9.71 Å². The first-order chi connectivity index (χ1) is 9.01. The fraction of sp³-hybridized carbons (Fsp3) is 0.727. The quantitative estimate of drug-likeness (QED) is 0.829. The van der Waals surface area contributed by atoms with Crippen LogP contribution < -0.4 is 4.72 Å². The van der Waals surface area contributed by atoms with Crippen LogP contribution in [0.2, 0.25) is 0 Å². The molecule has 1 saturated heterocycles. The largest absolute Gasteiger partial charge is 0.396 e. The lowest BCUT2D eigenvalue weighted by Crippen LogP contribution is -2.45. The van der Waals surface area contributed by atoms with Crippen molar-refractivity contribution in [3.05, 3.63) is 16.1 Å². The summed E-state index contributed by atoms with van der Waals surface area (Å²) in [6, 6.07) is 0. The SMILES string of the molecule is Cc1csc(CNS(=O)(=O)N2CCC(CO)CC2)n1. The molecular weight excluding hydrogens is 286 g/mol. The van der Waals surface area contributed by atoms with Crippen LogP contribution in [-0.4, -0.2) is 42.5 Å². The molecule has 2 rings (SSSR count). The number of hydrogen-bond donors (Lipinski definition) is 2. The molecule has 0 aliphatic carbocycles. The lowest BCUT2D eigenvalue weighted by atomic mass is 10.00. The summed E-state index contributed by atoms with van der Waals surface area (Å²) >= 11 is 1.45. The van der Waals surface area contributed by atoms with Gasteiger partial charge in [-0.2, -0.15) is 17.4 Å². The first-order valence-electron chi connectivity index (χ1n) is 6.28. The van der Waals surface area contributed by atoms with Gasteiger partial charge in [0.05, 0.1) is 6.54 Å². The van der Waals surface area contributed by atoms with Gasteiger partial charge < -0.3 is 5.11 Å². The van der Waals surface area contributed by atoms with E-state index in [0.29, 0.717) is 25.9 Å². The minimum atomic E-state index is -3.44. The molecule has 108 valence electrons. The second kappa shape index (κ2) is 6.27. The highest BCUT2D eigenvalue weighted by atomic mass is 32.2. The van der Waals surface area contributed by atoms with Crippen molar-refractivity contribution in [2.24, 2.45) is 5.92 Å². The van der Waals surface area contributed by atoms with E-state index in [1.54, 1.807) is 0 Å². The zero-order valence-corrected chi connectivity index (χ0v) is 12.5. The summed E-state index contributed by atoms with van der Waals surface area (Å²) in [7, 11) is -3.44. The minimum Gasteiger partial charge on any atom is -0.396 e. The molecule has 6 nitrogen and oxygen atoms in total. The summed E-state index contributed by atoms with van der Waals surface area (Å²) in [5, 5.41) is 11.7. The number of piperidine rings is 1. The predicted molar refractivity (Wildman–Crippen MR) is 74.0 cm³/mol. The highest BCUT2D eigenvalue weighted by Gasteiger charge is 2.27. The van der Waals surface area contributed by atoms with Crippen molar-refractivity contribution in [2.75, 3.05) is 19.7 Å². The summed E-state index contributed by atoms with van der Waals surface area (Å²) in [5.41, 5.74) is 0.906. The van der Waals surface area contributed by atoms with Gasteiger partial charge in [-0.3, -0.25) is 0 Å². The second-order valence-electron chi connectivity index (χ2n) is 4.73. The van der Waals surface area contributed by atoms with Crippen molar-refractivity contribution < 1.29 is 13.5 Å². The number of hydrogen-bond acceptors (Lipinski definition) is 5. The maximum Gasteiger partial charge on any atom is 0.279 e. The zero-order valence-electron chi connectivity index (χ0n) is 10.9. The zero-order chi connectivity index (χ0) is 13.9. The number of nitrogens with one attached hydrogen (secondary N) is 1. The average molecular weight is 305 g/mol. The molecule has 0 unspecified atom stereocenters. The summed E-state index contributed by atoms with van der Waals surface area (Å²) in [5.74, 6) is 0.230. The van der Waals surface area contributed by atoms with E-state index < -0.39 is 10.2 Å². The van der Waals surface area contributed by atoms with Crippen LogP contribution in [0.1, 0.15) is 23.5 Å². The van der Waals surface area contributed by atoms with Crippen LogP contribution in [0, 0.1) is 12.8 Å². The smallest absolute Gasteiger partial charge is 0.279 e. The van der Waals surface area contributed by atoms with Gasteiger partial charge in [0.1, 0.15) is 5.01 Å². The highest BCUT2D eigenvalue weighted by molar-refractivity contribution is 7.87. The predicted octanol–water partition coefficient (Wildman–Crippen LogP) is 0.490. The van der Waals surface area contributed by atoms with Crippen molar-refractivity contribution >= 4 is 21.5 Å². The van der Waals surface area contributed by atoms with Crippen molar-refractivity contribution in [1.82, 2.24) is 14.0 Å². The van der Waals surface area contributed by atoms with Gasteiger partial charge in [-0.05, 0) is 25.7 Å². The van der Waals surface area contributed by atoms with Crippen LogP contribution in [0.25, 0.3) is 0 Å². The summed E-state index contributed by atoms with van der Waals surface area (Å²) < 4.78 is 28.2. The maximum atomic E-state index is 12.1. The van der Waals surface area contributed by atoms with Crippen LogP contribution in [0.5, 0.6) is 0 Å². The van der Waals surface area contributed by atoms with Crippen molar-refractivity contribution in [3.8, 4) is 0 Å². The fourth-order valence-corrected chi connectivity index (χ4v) is 4.06. The third kappa shape index (κ3) is 3.96. The Kier molecular flexibility index (Phi) is 4.91. The molecule has 1 aliphatic rings. The molecule has 0 bridgehead atoms. The Morgan fingerprint density at radius 2 is 2.21 bits per heavy atom. The van der Waals surface area contributed by atoms with Crippen LogP contribution in [0.3, 0.4) is 0 Å². The van der Waals surface area contributed by atoms with Gasteiger partial charge in [0.2, 0.25) is 0 Å². The van der Waals surface area contributed by atoms with Crippen molar-refractivity contribution in [3.63, 3.8) is 0 Å². The molecule has 1 aliphatic heterocycles. The van der Waals surface area contributed by atoms with E-state index in [-0.39, 0.29) is 19.1 Å². The van der Waals surface area contributed by atoms with E-state index in [0.717, 1.165) is 10.7 Å². The Bertz CT molecular complexity index is 507. The Hall–Kier alpha value is -0.540. The van der Waals surface area contributed by atoms with E-state index in [1.807, 2.05) is 12.3 Å². The lowest BCUT2D eigenvalue weighted by molar-refractivity contribution is 0.169. The first-order valence-corrected chi connectivity index (χ1v) is 8.60. The summed E-state index contributed by atoms with van der Waals surface area (Å²) in [6.45, 7) is 3.20. The van der Waals surface area contributed by atoms with Crippen molar-refractivity contribution in [2.45, 2.75) is 26.3 Å². The Morgan fingerprint density at radius 1 is 1.53 bits per heavy atom. The fourth-order valence-electron chi connectivity index (χ4n) is 2.06. The third-order valence-corrected chi connectivity index (χ3v) is 5.76. The monoisotopic (exact) mass is 305 g/mol. The average Bonchev–Trinajstić information content (AvgIpc) is 2.82. The molecule has 0 amide bonds. The summed E-state index contributed by atoms with van der Waals surface area (Å²) in [6.07, 6.45) is 1.43. The van der Waals surface area contributed by atoms with E-state index >= 15 is 0 Å². The van der Waals surface area contributed by atoms with Gasteiger partial charge in [0, 0.05) is 30.8 Å². The standard InChI is InChI=1S/C11H19N3O3S2/c1-9-8-18-11(13-9)6-12-19(16,17)14-4-2-10(7-15)3-5-14/h8,10,12,15H,2-7H2,1H3. The molecule has 2 heterocycles. The molecule has 0 aromatic carbocycles. The number of aliphatic hydroxyl groups excluding tert-OH is 1. The highest BCUT2D eigenvalue weighted by Crippen LogP contribution is 2.18. The number of nitrogens with zero attached hydrogens (tertiary/aromatic N) is 2. The third-order valence-electron chi connectivity index (χ3n) is 3.24. The van der Waals surface area contributed by atoms with Gasteiger partial charge in [0.15, 0.2) is 0 Å². The van der Waals surface area contributed by atoms with Gasteiger partial charge in [-0.1, -0.05) is 0 Å². The molecular formula is C11H19N3O3S2. The minimum absolute atomic E-state index is 0.139. The molecule has 8 heteroatoms. The normalized spacial score (nSPS) is 18.8. The maximum absolute atomic E-state index is 12.1. The number of aryl methyl sites for hydroxylation is 1. The van der Waals surface area contributed by atoms with Crippen LogP contribution in [0.15, 0.2) is 5.38 Å². The molecule has 0 spiro atoms. The number of thiazole rings is 1. The Morgan fingerprint density at radius 3 is 2.74 bits per heavy atom. The number of aromatic nitrogens is 1. The number of rotatable bonds is 5. The van der Waals surface area contributed by atoms with Gasteiger partial charge >= 0.3 is 0 Å². The van der Waals surface area contributed by atoms with E-state index in [1.165, 1.54) is 15.6 Å². The van der Waals surface area contributed by atoms with Crippen LogP contribution in [0.4, 0.5) is 0 Å². The van der Waals surface area contributed by atoms with Gasteiger partial charge in [-0.15, -0.1) is 11.3 Å². The van der Waals surface area contributed by atoms with E-state index in [9.17, 15) is 8.42 Å². The Labute approximate surface area is 117 Å². The first kappa shape index (κ1) is 14.9. The van der Waals surface area contributed by atoms with E-state index in [4.69, 9.17) is 5.11 Å². The molecule has 19 heavy (non-hydrogen) atoms. The molecule has 2 N–H and O–H groups in total.